The van der Waals surface area contributed by atoms with Gasteiger partial charge in [0.1, 0.15) is 0 Å². The van der Waals surface area contributed by atoms with Crippen molar-refractivity contribution in [3.8, 4) is 11.8 Å². The first-order chi connectivity index (χ1) is 9.95. The Morgan fingerprint density at radius 3 is 1.82 bits per heavy atom. The van der Waals surface area contributed by atoms with E-state index in [0.29, 0.717) is 5.56 Å². The van der Waals surface area contributed by atoms with Crippen molar-refractivity contribution >= 4 is 5.78 Å². The molecule has 0 fully saturated rings. The fourth-order valence-corrected chi connectivity index (χ4v) is 1.99. The maximum absolute atomic E-state index is 12.4. The van der Waals surface area contributed by atoms with Gasteiger partial charge in [-0.15, -0.1) is 0 Å². The Balaban J connectivity index is 3.35. The molecule has 0 amide bonds. The summed E-state index contributed by atoms with van der Waals surface area (Å²) in [6, 6.07) is 6.23. The van der Waals surface area contributed by atoms with Crippen molar-refractivity contribution in [3.63, 3.8) is 0 Å². The number of carbonyl (C=O) groups is 1. The van der Waals surface area contributed by atoms with E-state index in [1.807, 2.05) is 19.1 Å². The average molecular weight is 298 g/mol. The molecule has 1 aromatic carbocycles. The average Bonchev–Trinajstić information content (AvgIpc) is 2.41. The highest BCUT2D eigenvalue weighted by Crippen LogP contribution is 2.30. The molecule has 1 rings (SSSR count). The second-order valence-corrected chi connectivity index (χ2v) is 8.21. The second kappa shape index (κ2) is 6.69. The standard InChI is InChI=1S/C21H30O/c1-9-15(2)10-11-19(22)16-12-17(20(3,4)5)14-18(13-16)21(6,7)8/h12-15H,9H2,1-8H3/t15-/m0/s1. The van der Waals surface area contributed by atoms with Gasteiger partial charge in [0.2, 0.25) is 5.78 Å². The molecule has 1 heteroatoms. The zero-order chi connectivity index (χ0) is 17.1. The number of rotatable bonds is 2. The Bertz CT molecular complexity index is 565. The van der Waals surface area contributed by atoms with Gasteiger partial charge in [-0.05, 0) is 46.4 Å². The summed E-state index contributed by atoms with van der Waals surface area (Å²) in [6.07, 6.45) is 0.968. The normalized spacial score (nSPS) is 13.3. The Morgan fingerprint density at radius 1 is 1.00 bits per heavy atom. The Labute approximate surface area is 136 Å². The molecule has 0 radical (unpaired) electrons. The van der Waals surface area contributed by atoms with Gasteiger partial charge in [-0.2, -0.15) is 0 Å². The summed E-state index contributed by atoms with van der Waals surface area (Å²) in [4.78, 5) is 12.4. The van der Waals surface area contributed by atoms with Crippen molar-refractivity contribution in [1.29, 1.82) is 0 Å². The van der Waals surface area contributed by atoms with Crippen LogP contribution >= 0.6 is 0 Å². The molecule has 1 aromatic rings. The summed E-state index contributed by atoms with van der Waals surface area (Å²) in [7, 11) is 0. The molecular weight excluding hydrogens is 268 g/mol. The van der Waals surface area contributed by atoms with Crippen molar-refractivity contribution < 1.29 is 4.79 Å². The van der Waals surface area contributed by atoms with Crippen LogP contribution in [-0.4, -0.2) is 5.78 Å². The zero-order valence-electron chi connectivity index (χ0n) is 15.4. The molecule has 22 heavy (non-hydrogen) atoms. The molecule has 0 spiro atoms. The van der Waals surface area contributed by atoms with Crippen molar-refractivity contribution in [3.05, 3.63) is 34.9 Å². The van der Waals surface area contributed by atoms with Crippen molar-refractivity contribution in [1.82, 2.24) is 0 Å². The quantitative estimate of drug-likeness (QED) is 0.399. The molecule has 0 saturated carbocycles. The first-order valence-corrected chi connectivity index (χ1v) is 8.17. The van der Waals surface area contributed by atoms with Crippen LogP contribution in [-0.2, 0) is 10.8 Å². The van der Waals surface area contributed by atoms with Gasteiger partial charge in [0.25, 0.3) is 0 Å². The third-order valence-corrected chi connectivity index (χ3v) is 3.97. The van der Waals surface area contributed by atoms with E-state index in [-0.39, 0.29) is 22.5 Å². The maximum Gasteiger partial charge on any atom is 0.235 e. The molecule has 1 atom stereocenters. The fourth-order valence-electron chi connectivity index (χ4n) is 1.99. The second-order valence-electron chi connectivity index (χ2n) is 8.21. The van der Waals surface area contributed by atoms with Crippen molar-refractivity contribution in [2.75, 3.05) is 0 Å². The molecule has 1 nitrogen and oxygen atoms in total. The smallest absolute Gasteiger partial charge is 0.235 e. The SMILES string of the molecule is CC[C@H](C)C#CC(=O)c1cc(C(C)(C)C)cc(C(C)(C)C)c1. The third-order valence-electron chi connectivity index (χ3n) is 3.97. The fraction of sp³-hybridized carbons (Fsp3) is 0.571. The van der Waals surface area contributed by atoms with Gasteiger partial charge in [0.05, 0.1) is 0 Å². The molecule has 0 bridgehead atoms. The van der Waals surface area contributed by atoms with Gasteiger partial charge in [-0.25, -0.2) is 0 Å². The predicted octanol–water partition coefficient (Wildman–Crippen LogP) is 5.51. The van der Waals surface area contributed by atoms with Crippen LogP contribution in [0.4, 0.5) is 0 Å². The van der Waals surface area contributed by atoms with Gasteiger partial charge in [-0.1, -0.05) is 67.4 Å². The highest BCUT2D eigenvalue weighted by Gasteiger charge is 2.21. The zero-order valence-corrected chi connectivity index (χ0v) is 15.4. The van der Waals surface area contributed by atoms with Crippen molar-refractivity contribution in [2.45, 2.75) is 72.6 Å². The van der Waals surface area contributed by atoms with Crippen LogP contribution in [0.1, 0.15) is 83.3 Å². The molecule has 0 aromatic heterocycles. The Hall–Kier alpha value is -1.55. The number of Topliss-reactive ketones (excluding diaryl/α,β-unsaturated/α-hetero) is 1. The minimum absolute atomic E-state index is 0.0143. The van der Waals surface area contributed by atoms with Gasteiger partial charge in [0.15, 0.2) is 0 Å². The minimum Gasteiger partial charge on any atom is -0.279 e. The summed E-state index contributed by atoms with van der Waals surface area (Å²) in [5, 5.41) is 0. The van der Waals surface area contributed by atoms with Gasteiger partial charge >= 0.3 is 0 Å². The molecule has 0 saturated heterocycles. The molecule has 0 aliphatic heterocycles. The van der Waals surface area contributed by atoms with Crippen LogP contribution in [0, 0.1) is 17.8 Å². The van der Waals surface area contributed by atoms with Crippen LogP contribution < -0.4 is 0 Å². The number of ketones is 1. The van der Waals surface area contributed by atoms with Crippen LogP contribution in [0.2, 0.25) is 0 Å². The minimum atomic E-state index is -0.0723. The van der Waals surface area contributed by atoms with Gasteiger partial charge < -0.3 is 0 Å². The topological polar surface area (TPSA) is 17.1 Å². The molecular formula is C21H30O. The van der Waals surface area contributed by atoms with E-state index >= 15 is 0 Å². The predicted molar refractivity (Wildman–Crippen MR) is 95.4 cm³/mol. The van der Waals surface area contributed by atoms with E-state index in [1.165, 1.54) is 11.1 Å². The Morgan fingerprint density at radius 2 is 1.45 bits per heavy atom. The molecule has 0 N–H and O–H groups in total. The summed E-state index contributed by atoms with van der Waals surface area (Å²) < 4.78 is 0. The van der Waals surface area contributed by atoms with E-state index in [9.17, 15) is 4.79 Å². The van der Waals surface area contributed by atoms with Gasteiger partial charge in [0, 0.05) is 11.5 Å². The largest absolute Gasteiger partial charge is 0.279 e. The third kappa shape index (κ3) is 5.02. The molecule has 120 valence electrons. The summed E-state index contributed by atoms with van der Waals surface area (Å²) in [6.45, 7) is 17.2. The van der Waals surface area contributed by atoms with Gasteiger partial charge in [-0.3, -0.25) is 4.79 Å². The molecule has 0 unspecified atom stereocenters. The number of hydrogen-bond acceptors (Lipinski definition) is 1. The molecule has 0 aliphatic carbocycles. The van der Waals surface area contributed by atoms with E-state index in [1.54, 1.807) is 0 Å². The lowest BCUT2D eigenvalue weighted by Crippen LogP contribution is -2.17. The monoisotopic (exact) mass is 298 g/mol. The maximum atomic E-state index is 12.4. The van der Waals surface area contributed by atoms with Crippen LogP contribution in [0.15, 0.2) is 18.2 Å². The Kier molecular flexibility index (Phi) is 5.63. The highest BCUT2D eigenvalue weighted by molar-refractivity contribution is 6.09. The molecule has 0 aliphatic rings. The first-order valence-electron chi connectivity index (χ1n) is 8.17. The lowest BCUT2D eigenvalue weighted by molar-refractivity contribution is 0.105. The first kappa shape index (κ1) is 18.5. The number of carbonyl (C=O) groups excluding carboxylic acids is 1. The number of benzene rings is 1. The highest BCUT2D eigenvalue weighted by atomic mass is 16.1. The van der Waals surface area contributed by atoms with Crippen LogP contribution in [0.3, 0.4) is 0 Å². The lowest BCUT2D eigenvalue weighted by Gasteiger charge is -2.25. The summed E-state index contributed by atoms with van der Waals surface area (Å²) in [5.74, 6) is 6.05. The summed E-state index contributed by atoms with van der Waals surface area (Å²) in [5.41, 5.74) is 3.12. The van der Waals surface area contributed by atoms with E-state index in [4.69, 9.17) is 0 Å². The molecule has 0 heterocycles. The van der Waals surface area contributed by atoms with Crippen LogP contribution in [0.5, 0.6) is 0 Å². The van der Waals surface area contributed by atoms with Crippen LogP contribution in [0.25, 0.3) is 0 Å². The van der Waals surface area contributed by atoms with E-state index in [0.717, 1.165) is 6.42 Å². The number of hydrogen-bond donors (Lipinski definition) is 0. The summed E-state index contributed by atoms with van der Waals surface area (Å²) >= 11 is 0. The van der Waals surface area contributed by atoms with E-state index in [2.05, 4.69) is 66.4 Å². The van der Waals surface area contributed by atoms with Crippen molar-refractivity contribution in [2.24, 2.45) is 5.92 Å². The lowest BCUT2D eigenvalue weighted by atomic mass is 9.79. The van der Waals surface area contributed by atoms with E-state index < -0.39 is 0 Å².